The fourth-order valence-corrected chi connectivity index (χ4v) is 3.05. The molecule has 5 nitrogen and oxygen atoms in total. The molecule has 2 atom stereocenters. The van der Waals surface area contributed by atoms with Gasteiger partial charge in [-0.15, -0.1) is 0 Å². The van der Waals surface area contributed by atoms with Crippen molar-refractivity contribution in [2.45, 2.75) is 31.1 Å². The van der Waals surface area contributed by atoms with E-state index in [4.69, 9.17) is 10.5 Å². The summed E-state index contributed by atoms with van der Waals surface area (Å²) in [5.41, 5.74) is 4.34. The summed E-state index contributed by atoms with van der Waals surface area (Å²) in [5, 5.41) is -0.751. The summed E-state index contributed by atoms with van der Waals surface area (Å²) in [6, 6.07) is 0. The fraction of sp³-hybridized carbons (Fsp3) is 0.875. The number of esters is 1. The summed E-state index contributed by atoms with van der Waals surface area (Å²) < 4.78 is 27.5. The van der Waals surface area contributed by atoms with Gasteiger partial charge in [0.05, 0.1) is 11.9 Å². The Morgan fingerprint density at radius 2 is 2.14 bits per heavy atom. The van der Waals surface area contributed by atoms with Gasteiger partial charge in [0.2, 0.25) is 0 Å². The topological polar surface area (TPSA) is 86.5 Å². The van der Waals surface area contributed by atoms with Crippen LogP contribution < -0.4 is 5.73 Å². The quantitative estimate of drug-likeness (QED) is 0.644. The van der Waals surface area contributed by atoms with E-state index < -0.39 is 26.6 Å². The van der Waals surface area contributed by atoms with E-state index in [-0.39, 0.29) is 18.8 Å². The second-order valence-corrected chi connectivity index (χ2v) is 5.88. The van der Waals surface area contributed by atoms with E-state index >= 15 is 0 Å². The van der Waals surface area contributed by atoms with Gasteiger partial charge in [0.25, 0.3) is 0 Å². The molecule has 14 heavy (non-hydrogen) atoms. The highest BCUT2D eigenvalue weighted by Gasteiger charge is 2.64. The molecule has 0 unspecified atom stereocenters. The Morgan fingerprint density at radius 1 is 1.57 bits per heavy atom. The Morgan fingerprint density at radius 3 is 2.57 bits per heavy atom. The van der Waals surface area contributed by atoms with Crippen molar-refractivity contribution in [1.82, 2.24) is 0 Å². The summed E-state index contributed by atoms with van der Waals surface area (Å²) in [6.45, 7) is 3.42. The second-order valence-electron chi connectivity index (χ2n) is 3.41. The number of hydrogen-bond acceptors (Lipinski definition) is 5. The zero-order valence-corrected chi connectivity index (χ0v) is 9.13. The maximum absolute atomic E-state index is 11.4. The van der Waals surface area contributed by atoms with Crippen molar-refractivity contribution in [2.75, 3.05) is 12.4 Å². The van der Waals surface area contributed by atoms with Crippen LogP contribution in [0.2, 0.25) is 0 Å². The van der Waals surface area contributed by atoms with Crippen LogP contribution in [0.4, 0.5) is 0 Å². The minimum absolute atomic E-state index is 0.00994. The first-order chi connectivity index (χ1) is 6.38. The van der Waals surface area contributed by atoms with E-state index in [0.717, 1.165) is 0 Å². The first-order valence-corrected chi connectivity index (χ1v) is 6.27. The molecule has 1 saturated carbocycles. The van der Waals surface area contributed by atoms with E-state index in [2.05, 4.69) is 0 Å². The van der Waals surface area contributed by atoms with Gasteiger partial charge in [0.1, 0.15) is 5.54 Å². The van der Waals surface area contributed by atoms with Crippen molar-refractivity contribution in [3.63, 3.8) is 0 Å². The van der Waals surface area contributed by atoms with E-state index in [9.17, 15) is 13.2 Å². The van der Waals surface area contributed by atoms with Crippen LogP contribution in [0.5, 0.6) is 0 Å². The van der Waals surface area contributed by atoms with Crippen LogP contribution in [0, 0.1) is 0 Å². The number of ether oxygens (including phenoxy) is 1. The molecule has 82 valence electrons. The van der Waals surface area contributed by atoms with E-state index in [1.165, 1.54) is 0 Å². The van der Waals surface area contributed by atoms with Crippen LogP contribution in [0.3, 0.4) is 0 Å². The molecule has 0 amide bonds. The van der Waals surface area contributed by atoms with Crippen molar-refractivity contribution in [3.05, 3.63) is 0 Å². The Bertz CT molecular complexity index is 337. The lowest BCUT2D eigenvalue weighted by Crippen LogP contribution is -2.40. The smallest absolute Gasteiger partial charge is 0.327 e. The van der Waals surface area contributed by atoms with Crippen LogP contribution in [0.25, 0.3) is 0 Å². The molecule has 0 bridgehead atoms. The molecule has 0 aromatic carbocycles. The molecule has 0 radical (unpaired) electrons. The molecule has 0 aromatic rings. The highest BCUT2D eigenvalue weighted by molar-refractivity contribution is 7.92. The van der Waals surface area contributed by atoms with Crippen molar-refractivity contribution >= 4 is 15.8 Å². The minimum Gasteiger partial charge on any atom is -0.465 e. The molecule has 1 rings (SSSR count). The number of carbonyl (C=O) groups is 1. The largest absolute Gasteiger partial charge is 0.465 e. The lowest BCUT2D eigenvalue weighted by Gasteiger charge is -2.09. The van der Waals surface area contributed by atoms with Gasteiger partial charge in [0, 0.05) is 5.75 Å². The minimum atomic E-state index is -3.22. The molecular formula is C8H15NO4S. The van der Waals surface area contributed by atoms with Crippen LogP contribution >= 0.6 is 0 Å². The second kappa shape index (κ2) is 3.51. The summed E-state index contributed by atoms with van der Waals surface area (Å²) in [6.07, 6.45) is 0.183. The first kappa shape index (κ1) is 11.5. The van der Waals surface area contributed by atoms with E-state index in [1.807, 2.05) is 0 Å². The predicted octanol–water partition coefficient (Wildman–Crippen LogP) is -0.546. The summed E-state index contributed by atoms with van der Waals surface area (Å²) in [7, 11) is -3.22. The average Bonchev–Trinajstić information content (AvgIpc) is 2.81. The molecule has 6 heteroatoms. The third kappa shape index (κ3) is 1.76. The lowest BCUT2D eigenvalue weighted by atomic mass is 10.3. The first-order valence-electron chi connectivity index (χ1n) is 4.56. The monoisotopic (exact) mass is 221 g/mol. The molecule has 1 aliphatic carbocycles. The van der Waals surface area contributed by atoms with Gasteiger partial charge in [-0.3, -0.25) is 4.79 Å². The zero-order valence-electron chi connectivity index (χ0n) is 8.32. The molecule has 0 aliphatic heterocycles. The standard InChI is InChI=1S/C8H15NO4S/c1-3-13-7(10)8(9)5-6(8)14(11,12)4-2/h6H,3-5,9H2,1-2H3/t6-,8-/m1/s1. The normalized spacial score (nSPS) is 31.2. The fourth-order valence-electron chi connectivity index (χ4n) is 1.38. The third-order valence-electron chi connectivity index (χ3n) is 2.43. The van der Waals surface area contributed by atoms with E-state index in [0.29, 0.717) is 0 Å². The van der Waals surface area contributed by atoms with Crippen LogP contribution in [0.1, 0.15) is 20.3 Å². The number of nitrogens with two attached hydrogens (primary N) is 1. The zero-order chi connectivity index (χ0) is 11.0. The van der Waals surface area contributed by atoms with Crippen molar-refractivity contribution in [1.29, 1.82) is 0 Å². The molecule has 0 aromatic heterocycles. The van der Waals surface area contributed by atoms with Crippen molar-refractivity contribution in [2.24, 2.45) is 5.73 Å². The average molecular weight is 221 g/mol. The SMILES string of the molecule is CCOC(=O)[C@@]1(N)C[C@H]1S(=O)(=O)CC. The Hall–Kier alpha value is -0.620. The maximum Gasteiger partial charge on any atom is 0.327 e. The summed E-state index contributed by atoms with van der Waals surface area (Å²) >= 11 is 0. The number of carbonyl (C=O) groups excluding carboxylic acids is 1. The Balaban J connectivity index is 2.72. The molecule has 0 saturated heterocycles. The van der Waals surface area contributed by atoms with Gasteiger partial charge in [0.15, 0.2) is 9.84 Å². The van der Waals surface area contributed by atoms with Gasteiger partial charge in [-0.1, -0.05) is 6.92 Å². The van der Waals surface area contributed by atoms with Crippen molar-refractivity contribution < 1.29 is 17.9 Å². The number of sulfone groups is 1. The molecule has 2 N–H and O–H groups in total. The van der Waals surface area contributed by atoms with Gasteiger partial charge in [-0.2, -0.15) is 0 Å². The van der Waals surface area contributed by atoms with Gasteiger partial charge >= 0.3 is 5.97 Å². The number of rotatable bonds is 4. The van der Waals surface area contributed by atoms with Gasteiger partial charge in [-0.25, -0.2) is 8.42 Å². The van der Waals surface area contributed by atoms with Crippen LogP contribution in [0.15, 0.2) is 0 Å². The van der Waals surface area contributed by atoms with Crippen molar-refractivity contribution in [3.8, 4) is 0 Å². The molecular weight excluding hydrogens is 206 g/mol. The van der Waals surface area contributed by atoms with Gasteiger partial charge < -0.3 is 10.5 Å². The van der Waals surface area contributed by atoms with Gasteiger partial charge in [-0.05, 0) is 13.3 Å². The highest BCUT2D eigenvalue weighted by Crippen LogP contribution is 2.40. The number of hydrogen-bond donors (Lipinski definition) is 1. The Kier molecular flexibility index (Phi) is 2.87. The molecule has 1 fully saturated rings. The third-order valence-corrected chi connectivity index (χ3v) is 4.69. The molecule has 1 aliphatic rings. The van der Waals surface area contributed by atoms with Crippen LogP contribution in [-0.2, 0) is 19.4 Å². The predicted molar refractivity (Wildman–Crippen MR) is 51.4 cm³/mol. The summed E-state index contributed by atoms with van der Waals surface area (Å²) in [4.78, 5) is 11.3. The molecule has 0 spiro atoms. The maximum atomic E-state index is 11.4. The summed E-state index contributed by atoms with van der Waals surface area (Å²) in [5.74, 6) is -0.599. The lowest BCUT2D eigenvalue weighted by molar-refractivity contribution is -0.145. The van der Waals surface area contributed by atoms with E-state index in [1.54, 1.807) is 13.8 Å². The Labute approximate surface area is 83.5 Å². The highest BCUT2D eigenvalue weighted by atomic mass is 32.2. The molecule has 0 heterocycles. The van der Waals surface area contributed by atoms with Crippen LogP contribution in [-0.4, -0.2) is 37.5 Å².